The number of benzene rings is 1. The lowest BCUT2D eigenvalue weighted by atomic mass is 10.1. The summed E-state index contributed by atoms with van der Waals surface area (Å²) in [7, 11) is 0. The lowest BCUT2D eigenvalue weighted by molar-refractivity contribution is 0.0506. The zero-order valence-electron chi connectivity index (χ0n) is 12.6. The molecule has 1 atom stereocenters. The van der Waals surface area contributed by atoms with Gasteiger partial charge in [-0.25, -0.2) is 4.79 Å². The number of hydrogen-bond acceptors (Lipinski definition) is 3. The van der Waals surface area contributed by atoms with E-state index < -0.39 is 17.7 Å². The predicted octanol–water partition coefficient (Wildman–Crippen LogP) is 4.74. The zero-order chi connectivity index (χ0) is 16.8. The summed E-state index contributed by atoms with van der Waals surface area (Å²) in [5.74, 6) is 0. The largest absolute Gasteiger partial charge is 0.444 e. The van der Waals surface area contributed by atoms with Gasteiger partial charge in [0.1, 0.15) is 5.60 Å². The van der Waals surface area contributed by atoms with Gasteiger partial charge in [-0.05, 0) is 50.4 Å². The van der Waals surface area contributed by atoms with Gasteiger partial charge in [0, 0.05) is 27.5 Å². The molecule has 0 aliphatic carbocycles. The molecule has 0 saturated carbocycles. The highest BCUT2D eigenvalue weighted by atomic mass is 35.5. The van der Waals surface area contributed by atoms with E-state index in [1.165, 1.54) is 0 Å². The number of amides is 1. The maximum Gasteiger partial charge on any atom is 0.407 e. The van der Waals surface area contributed by atoms with E-state index in [-0.39, 0.29) is 6.54 Å². The molecule has 1 rings (SSSR count). The molecule has 1 aromatic carbocycles. The number of nitrogens with zero attached hydrogens (tertiary/aromatic N) is 3. The minimum atomic E-state index is -0.606. The monoisotopic (exact) mass is 344 g/mol. The van der Waals surface area contributed by atoms with E-state index in [9.17, 15) is 4.79 Å². The van der Waals surface area contributed by atoms with Gasteiger partial charge in [0.25, 0.3) is 0 Å². The van der Waals surface area contributed by atoms with E-state index in [0.29, 0.717) is 16.5 Å². The third-order valence-corrected chi connectivity index (χ3v) is 3.15. The molecule has 1 amide bonds. The van der Waals surface area contributed by atoms with Crippen molar-refractivity contribution in [2.24, 2.45) is 5.11 Å². The molecule has 8 heteroatoms. The fourth-order valence-corrected chi connectivity index (χ4v) is 2.21. The van der Waals surface area contributed by atoms with Crippen molar-refractivity contribution < 1.29 is 9.53 Å². The van der Waals surface area contributed by atoms with Crippen LogP contribution < -0.4 is 5.32 Å². The molecule has 0 aliphatic rings. The van der Waals surface area contributed by atoms with Crippen molar-refractivity contribution in [2.75, 3.05) is 6.54 Å². The van der Waals surface area contributed by atoms with Gasteiger partial charge in [-0.1, -0.05) is 34.4 Å². The molecular formula is C14H18Cl2N4O2. The SMILES string of the molecule is CC(C)(C)OC(=O)N[C@H](CN=[N+]=[N-])Cc1ccc(Cl)cc1Cl. The Morgan fingerprint density at radius 1 is 1.45 bits per heavy atom. The number of halogens is 2. The van der Waals surface area contributed by atoms with Crippen LogP contribution in [0, 0.1) is 0 Å². The molecule has 0 unspecified atom stereocenters. The van der Waals surface area contributed by atoms with Crippen LogP contribution in [0.4, 0.5) is 4.79 Å². The first-order valence-corrected chi connectivity index (χ1v) is 7.41. The van der Waals surface area contributed by atoms with Crippen LogP contribution in [0.2, 0.25) is 10.0 Å². The number of hydrogen-bond donors (Lipinski definition) is 1. The highest BCUT2D eigenvalue weighted by Gasteiger charge is 2.20. The Kier molecular flexibility index (Phi) is 6.81. The molecule has 0 aliphatic heterocycles. The number of alkyl carbamates (subject to hydrolysis) is 1. The quantitative estimate of drug-likeness (QED) is 0.475. The summed E-state index contributed by atoms with van der Waals surface area (Å²) in [6, 6.07) is 4.67. The van der Waals surface area contributed by atoms with Gasteiger partial charge in [0.05, 0.1) is 0 Å². The Balaban J connectivity index is 2.79. The lowest BCUT2D eigenvalue weighted by Crippen LogP contribution is -2.41. The Morgan fingerprint density at radius 2 is 2.14 bits per heavy atom. The normalized spacial score (nSPS) is 12.2. The molecule has 0 bridgehead atoms. The van der Waals surface area contributed by atoms with E-state index in [2.05, 4.69) is 15.3 Å². The molecule has 0 fully saturated rings. The van der Waals surface area contributed by atoms with Crippen molar-refractivity contribution in [2.45, 2.75) is 38.8 Å². The summed E-state index contributed by atoms with van der Waals surface area (Å²) in [4.78, 5) is 14.6. The van der Waals surface area contributed by atoms with E-state index in [1.807, 2.05) is 0 Å². The number of azide groups is 1. The minimum Gasteiger partial charge on any atom is -0.444 e. The topological polar surface area (TPSA) is 87.1 Å². The zero-order valence-corrected chi connectivity index (χ0v) is 14.1. The van der Waals surface area contributed by atoms with Gasteiger partial charge in [0.2, 0.25) is 0 Å². The van der Waals surface area contributed by atoms with Gasteiger partial charge in [-0.15, -0.1) is 0 Å². The molecule has 0 heterocycles. The van der Waals surface area contributed by atoms with Crippen LogP contribution in [0.1, 0.15) is 26.3 Å². The Labute approximate surface area is 139 Å². The van der Waals surface area contributed by atoms with Crippen LogP contribution in [0.5, 0.6) is 0 Å². The molecule has 6 nitrogen and oxygen atoms in total. The smallest absolute Gasteiger partial charge is 0.407 e. The van der Waals surface area contributed by atoms with E-state index in [1.54, 1.807) is 39.0 Å². The van der Waals surface area contributed by atoms with Gasteiger partial charge >= 0.3 is 6.09 Å². The summed E-state index contributed by atoms with van der Waals surface area (Å²) in [5.41, 5.74) is 8.65. The van der Waals surface area contributed by atoms with Crippen LogP contribution in [0.25, 0.3) is 10.4 Å². The molecule has 120 valence electrons. The fourth-order valence-electron chi connectivity index (χ4n) is 1.72. The number of carbonyl (C=O) groups is 1. The maximum atomic E-state index is 11.8. The van der Waals surface area contributed by atoms with Crippen LogP contribution >= 0.6 is 23.2 Å². The second-order valence-corrected chi connectivity index (χ2v) is 6.54. The molecule has 0 radical (unpaired) electrons. The van der Waals surface area contributed by atoms with Crippen molar-refractivity contribution in [3.8, 4) is 0 Å². The summed E-state index contributed by atoms with van der Waals surface area (Å²) in [6.07, 6.45) is -0.176. The van der Waals surface area contributed by atoms with Gasteiger partial charge in [-0.2, -0.15) is 0 Å². The van der Waals surface area contributed by atoms with Crippen molar-refractivity contribution in [3.05, 3.63) is 44.3 Å². The maximum absolute atomic E-state index is 11.8. The molecular weight excluding hydrogens is 327 g/mol. The second kappa shape index (κ2) is 8.13. The van der Waals surface area contributed by atoms with Crippen LogP contribution in [0.15, 0.2) is 23.3 Å². The molecule has 22 heavy (non-hydrogen) atoms. The number of nitrogens with one attached hydrogen (secondary N) is 1. The van der Waals surface area contributed by atoms with E-state index >= 15 is 0 Å². The third-order valence-electron chi connectivity index (χ3n) is 2.57. The van der Waals surface area contributed by atoms with E-state index in [4.69, 9.17) is 33.5 Å². The van der Waals surface area contributed by atoms with Gasteiger partial charge in [0.15, 0.2) is 0 Å². The molecule has 1 aromatic rings. The number of carbonyl (C=O) groups excluding carboxylic acids is 1. The average Bonchev–Trinajstić information content (AvgIpc) is 2.36. The van der Waals surface area contributed by atoms with Gasteiger partial charge < -0.3 is 10.1 Å². The van der Waals surface area contributed by atoms with Crippen molar-refractivity contribution >= 4 is 29.3 Å². The minimum absolute atomic E-state index is 0.0920. The van der Waals surface area contributed by atoms with Crippen LogP contribution in [-0.2, 0) is 11.2 Å². The first kappa shape index (κ1) is 18.4. The van der Waals surface area contributed by atoms with Crippen molar-refractivity contribution in [3.63, 3.8) is 0 Å². The first-order valence-electron chi connectivity index (χ1n) is 6.65. The Bertz CT molecular complexity index is 581. The highest BCUT2D eigenvalue weighted by molar-refractivity contribution is 6.35. The summed E-state index contributed by atoms with van der Waals surface area (Å²) >= 11 is 12.0. The van der Waals surface area contributed by atoms with E-state index in [0.717, 1.165) is 5.56 Å². The first-order chi connectivity index (χ1) is 10.2. The summed E-state index contributed by atoms with van der Waals surface area (Å²) in [5, 5.41) is 7.21. The van der Waals surface area contributed by atoms with Crippen molar-refractivity contribution in [1.29, 1.82) is 0 Å². The highest BCUT2D eigenvalue weighted by Crippen LogP contribution is 2.22. The number of rotatable bonds is 5. The Morgan fingerprint density at radius 3 is 2.68 bits per heavy atom. The lowest BCUT2D eigenvalue weighted by Gasteiger charge is -2.23. The average molecular weight is 345 g/mol. The molecule has 1 N–H and O–H groups in total. The van der Waals surface area contributed by atoms with Crippen molar-refractivity contribution in [1.82, 2.24) is 5.32 Å². The predicted molar refractivity (Wildman–Crippen MR) is 87.3 cm³/mol. The molecule has 0 aromatic heterocycles. The fraction of sp³-hybridized carbons (Fsp3) is 0.500. The second-order valence-electron chi connectivity index (χ2n) is 5.70. The van der Waals surface area contributed by atoms with Gasteiger partial charge in [-0.3, -0.25) is 0 Å². The number of ether oxygens (including phenoxy) is 1. The summed E-state index contributed by atoms with van der Waals surface area (Å²) < 4.78 is 5.20. The standard InChI is InChI=1S/C14H18Cl2N4O2/c1-14(2,3)22-13(21)19-11(8-18-20-17)6-9-4-5-10(15)7-12(9)16/h4-5,7,11H,6,8H2,1-3H3,(H,19,21)/t11-/m0/s1. The Hall–Kier alpha value is -1.62. The molecule has 0 saturated heterocycles. The third kappa shape index (κ3) is 6.89. The molecule has 0 spiro atoms. The summed E-state index contributed by atoms with van der Waals surface area (Å²) in [6.45, 7) is 5.40. The van der Waals surface area contributed by atoms with Crippen LogP contribution in [-0.4, -0.2) is 24.3 Å². The van der Waals surface area contributed by atoms with Crippen LogP contribution in [0.3, 0.4) is 0 Å².